The lowest BCUT2D eigenvalue weighted by Gasteiger charge is -2.33. The fraction of sp³-hybridized carbons (Fsp3) is 0.133. The van der Waals surface area contributed by atoms with Crippen LogP contribution in [0.4, 0.5) is 0 Å². The van der Waals surface area contributed by atoms with E-state index in [1.54, 1.807) is 5.01 Å². The third-order valence-corrected chi connectivity index (χ3v) is 4.73. The second-order valence-electron chi connectivity index (χ2n) is 5.05. The van der Waals surface area contributed by atoms with Crippen LogP contribution in [-0.2, 0) is 4.79 Å². The number of carbonyl (C=O) groups excluding carboxylic acids is 1. The zero-order valence-corrected chi connectivity index (χ0v) is 14.5. The molecule has 1 aromatic carbocycles. The lowest BCUT2D eigenvalue weighted by molar-refractivity contribution is -0.116. The largest absolute Gasteiger partial charge is 0.362 e. The average molecular weight is 390 g/mol. The van der Waals surface area contributed by atoms with Gasteiger partial charge < -0.3 is 4.98 Å². The smallest absolute Gasteiger partial charge is 0.276 e. The van der Waals surface area contributed by atoms with Crippen molar-refractivity contribution in [3.63, 3.8) is 0 Å². The number of carbonyl (C=O) groups is 1. The van der Waals surface area contributed by atoms with Crippen LogP contribution in [-0.4, -0.2) is 27.3 Å². The van der Waals surface area contributed by atoms with Gasteiger partial charge in [-0.05, 0) is 36.6 Å². The number of rotatable bonds is 1. The van der Waals surface area contributed by atoms with Gasteiger partial charge in [-0.2, -0.15) is 0 Å². The molecule has 3 heterocycles. The van der Waals surface area contributed by atoms with Crippen molar-refractivity contribution in [1.29, 1.82) is 0 Å². The van der Waals surface area contributed by atoms with Crippen molar-refractivity contribution in [2.45, 2.75) is 6.17 Å². The molecular formula is C15H12BrN5OS. The Morgan fingerprint density at radius 3 is 2.96 bits per heavy atom. The van der Waals surface area contributed by atoms with Gasteiger partial charge in [0.05, 0.1) is 11.1 Å². The molecule has 0 unspecified atom stereocenters. The quantitative estimate of drug-likeness (QED) is 0.771. The first-order valence-corrected chi connectivity index (χ1v) is 8.93. The number of nitrogens with one attached hydrogen (secondary N) is 2. The highest BCUT2D eigenvalue weighted by Gasteiger charge is 2.34. The fourth-order valence-electron chi connectivity index (χ4n) is 2.65. The Bertz CT molecular complexity index is 937. The summed E-state index contributed by atoms with van der Waals surface area (Å²) in [5.41, 5.74) is 1.39. The zero-order chi connectivity index (χ0) is 16.0. The highest BCUT2D eigenvalue weighted by Crippen LogP contribution is 2.29. The van der Waals surface area contributed by atoms with E-state index in [2.05, 4.69) is 31.3 Å². The number of aromatic nitrogens is 1. The lowest BCUT2D eigenvalue weighted by Crippen LogP contribution is -2.50. The highest BCUT2D eigenvalue weighted by molar-refractivity contribution is 9.10. The van der Waals surface area contributed by atoms with E-state index >= 15 is 0 Å². The van der Waals surface area contributed by atoms with Crippen LogP contribution in [0, 0.1) is 0 Å². The van der Waals surface area contributed by atoms with Crippen molar-refractivity contribution in [2.24, 2.45) is 10.1 Å². The van der Waals surface area contributed by atoms with Crippen molar-refractivity contribution in [2.75, 3.05) is 6.26 Å². The number of aromatic amines is 1. The number of hydrazone groups is 1. The molecule has 1 amide bonds. The van der Waals surface area contributed by atoms with Crippen LogP contribution in [0.15, 0.2) is 51.1 Å². The minimum absolute atomic E-state index is 0.171. The second kappa shape index (κ2) is 5.54. The molecule has 0 radical (unpaired) electrons. The number of amides is 1. The summed E-state index contributed by atoms with van der Waals surface area (Å²) in [6.07, 6.45) is 3.33. The summed E-state index contributed by atoms with van der Waals surface area (Å²) in [6, 6.07) is 9.56. The molecule has 2 N–H and O–H groups in total. The number of halogens is 1. The summed E-state index contributed by atoms with van der Waals surface area (Å²) in [4.78, 5) is 20.6. The highest BCUT2D eigenvalue weighted by atomic mass is 79.9. The van der Waals surface area contributed by atoms with E-state index in [1.807, 2.05) is 42.8 Å². The SMILES string of the molecule is CSC1=NN2C(=c3cc(Br)ccc3=N[C@@H]2c2ccc[nH]2)C(=O)N1. The standard InChI is InChI=1S/C15H12BrN5OS/c1-23-15-19-14(22)12-9-7-8(16)4-5-10(9)18-13(21(12)20-15)11-3-2-6-17-11/h2-7,13,17H,1H3,(H,19,20,22)/t13-/m0/s1. The van der Waals surface area contributed by atoms with Crippen LogP contribution >= 0.6 is 27.7 Å². The first-order chi connectivity index (χ1) is 11.2. The lowest BCUT2D eigenvalue weighted by atomic mass is 10.1. The summed E-state index contributed by atoms with van der Waals surface area (Å²) in [5.74, 6) is -0.171. The molecule has 23 heavy (non-hydrogen) atoms. The Morgan fingerprint density at radius 1 is 1.35 bits per heavy atom. The van der Waals surface area contributed by atoms with Crippen molar-refractivity contribution < 1.29 is 4.79 Å². The molecular weight excluding hydrogens is 378 g/mol. The number of hydrogen-bond donors (Lipinski definition) is 2. The molecule has 0 saturated carbocycles. The number of H-pyrrole nitrogens is 1. The maximum absolute atomic E-state index is 12.6. The van der Waals surface area contributed by atoms with E-state index in [4.69, 9.17) is 4.99 Å². The van der Waals surface area contributed by atoms with Gasteiger partial charge in [0.1, 0.15) is 5.70 Å². The molecule has 0 bridgehead atoms. The monoisotopic (exact) mass is 389 g/mol. The third kappa shape index (κ3) is 2.38. The molecule has 1 atom stereocenters. The van der Waals surface area contributed by atoms with Gasteiger partial charge in [0.2, 0.25) is 0 Å². The number of amidine groups is 1. The minimum atomic E-state index is -0.387. The Labute approximate surface area is 144 Å². The molecule has 2 aliphatic heterocycles. The van der Waals surface area contributed by atoms with Gasteiger partial charge >= 0.3 is 0 Å². The molecule has 0 saturated heterocycles. The zero-order valence-electron chi connectivity index (χ0n) is 12.1. The summed E-state index contributed by atoms with van der Waals surface area (Å²) >= 11 is 4.85. The number of benzene rings is 1. The summed E-state index contributed by atoms with van der Waals surface area (Å²) in [7, 11) is 0. The summed E-state index contributed by atoms with van der Waals surface area (Å²) < 4.78 is 0.893. The van der Waals surface area contributed by atoms with E-state index in [9.17, 15) is 4.79 Å². The van der Waals surface area contributed by atoms with Crippen LogP contribution in [0.25, 0.3) is 5.70 Å². The molecule has 0 spiro atoms. The van der Waals surface area contributed by atoms with Crippen LogP contribution < -0.4 is 15.9 Å². The molecule has 1 aromatic heterocycles. The van der Waals surface area contributed by atoms with Gasteiger partial charge in [0.15, 0.2) is 11.3 Å². The summed E-state index contributed by atoms with van der Waals surface area (Å²) in [5, 5.41) is 11.2. The Kier molecular flexibility index (Phi) is 3.50. The second-order valence-corrected chi connectivity index (χ2v) is 6.76. The number of nitrogens with zero attached hydrogens (tertiary/aromatic N) is 3. The van der Waals surface area contributed by atoms with E-state index in [0.29, 0.717) is 10.9 Å². The van der Waals surface area contributed by atoms with E-state index in [0.717, 1.165) is 20.7 Å². The Balaban J connectivity index is 2.03. The maximum atomic E-state index is 12.6. The first-order valence-electron chi connectivity index (χ1n) is 6.91. The van der Waals surface area contributed by atoms with Crippen LogP contribution in [0.5, 0.6) is 0 Å². The topological polar surface area (TPSA) is 72.8 Å². The van der Waals surface area contributed by atoms with E-state index in [-0.39, 0.29) is 12.1 Å². The maximum Gasteiger partial charge on any atom is 0.276 e. The van der Waals surface area contributed by atoms with Gasteiger partial charge in [0.25, 0.3) is 5.91 Å². The molecule has 116 valence electrons. The molecule has 0 fully saturated rings. The van der Waals surface area contributed by atoms with Crippen LogP contribution in [0.1, 0.15) is 11.9 Å². The molecule has 6 nitrogen and oxygen atoms in total. The van der Waals surface area contributed by atoms with Crippen LogP contribution in [0.2, 0.25) is 0 Å². The predicted octanol–water partition coefficient (Wildman–Crippen LogP) is 1.28. The molecule has 2 aromatic rings. The van der Waals surface area contributed by atoms with Crippen molar-refractivity contribution in [3.05, 3.63) is 57.3 Å². The fourth-order valence-corrected chi connectivity index (χ4v) is 3.38. The normalized spacial score (nSPS) is 19.5. The predicted molar refractivity (Wildman–Crippen MR) is 92.8 cm³/mol. The van der Waals surface area contributed by atoms with Gasteiger partial charge in [-0.3, -0.25) is 15.1 Å². The number of fused-ring (bicyclic) bond motifs is 2. The number of thioether (sulfide) groups is 1. The van der Waals surface area contributed by atoms with Gasteiger partial charge in [0, 0.05) is 15.9 Å². The van der Waals surface area contributed by atoms with E-state index < -0.39 is 0 Å². The first kappa shape index (κ1) is 14.5. The van der Waals surface area contributed by atoms with Crippen molar-refractivity contribution in [3.8, 4) is 0 Å². The van der Waals surface area contributed by atoms with Crippen molar-refractivity contribution >= 4 is 44.5 Å². The Morgan fingerprint density at radius 2 is 2.22 bits per heavy atom. The third-order valence-electron chi connectivity index (χ3n) is 3.66. The Hall–Kier alpha value is -2.06. The summed E-state index contributed by atoms with van der Waals surface area (Å²) in [6.45, 7) is 0. The van der Waals surface area contributed by atoms with Gasteiger partial charge in [-0.1, -0.05) is 27.7 Å². The molecule has 2 aliphatic rings. The molecule has 4 rings (SSSR count). The van der Waals surface area contributed by atoms with Gasteiger partial charge in [-0.15, -0.1) is 5.10 Å². The molecule has 0 aliphatic carbocycles. The van der Waals surface area contributed by atoms with Gasteiger partial charge in [-0.25, -0.2) is 5.01 Å². The van der Waals surface area contributed by atoms with Crippen molar-refractivity contribution in [1.82, 2.24) is 15.3 Å². The van der Waals surface area contributed by atoms with E-state index in [1.165, 1.54) is 11.8 Å². The number of hydrogen-bond acceptors (Lipinski definition) is 5. The minimum Gasteiger partial charge on any atom is -0.362 e. The average Bonchev–Trinajstić information content (AvgIpc) is 3.07. The van der Waals surface area contributed by atoms with Crippen LogP contribution in [0.3, 0.4) is 0 Å². The molecule has 8 heteroatoms.